The molecule has 0 unspecified atom stereocenters. The van der Waals surface area contributed by atoms with Gasteiger partial charge in [0, 0.05) is 18.3 Å². The third-order valence-electron chi connectivity index (χ3n) is 3.28. The second-order valence-corrected chi connectivity index (χ2v) is 5.78. The van der Waals surface area contributed by atoms with E-state index in [1.807, 2.05) is 12.1 Å². The number of hydrogen-bond acceptors (Lipinski definition) is 2. The van der Waals surface area contributed by atoms with Crippen LogP contribution in [-0.2, 0) is 6.42 Å². The Hall–Kier alpha value is -1.02. The van der Waals surface area contributed by atoms with Crippen molar-refractivity contribution in [3.63, 3.8) is 0 Å². The van der Waals surface area contributed by atoms with Gasteiger partial charge in [-0.25, -0.2) is 0 Å². The molecular weight excluding hydrogens is 220 g/mol. The lowest BCUT2D eigenvalue weighted by molar-refractivity contribution is 0.195. The molecule has 0 saturated heterocycles. The van der Waals surface area contributed by atoms with Crippen LogP contribution in [0.3, 0.4) is 0 Å². The molecule has 2 nitrogen and oxygen atoms in total. The van der Waals surface area contributed by atoms with Gasteiger partial charge in [-0.05, 0) is 50.8 Å². The first-order chi connectivity index (χ1) is 8.50. The van der Waals surface area contributed by atoms with Crippen molar-refractivity contribution in [3.05, 3.63) is 29.8 Å². The van der Waals surface area contributed by atoms with Crippen molar-refractivity contribution in [2.24, 2.45) is 5.92 Å². The zero-order valence-corrected chi connectivity index (χ0v) is 12.3. The zero-order valence-electron chi connectivity index (χ0n) is 12.3. The Labute approximate surface area is 112 Å². The highest BCUT2D eigenvalue weighted by Gasteiger charge is 2.10. The molecule has 2 heteroatoms. The second kappa shape index (κ2) is 7.42. The molecule has 0 amide bonds. The number of para-hydroxylation sites is 1. The predicted octanol–water partition coefficient (Wildman–Crippen LogP) is 3.57. The minimum Gasteiger partial charge on any atom is -0.399 e. The van der Waals surface area contributed by atoms with E-state index in [2.05, 4.69) is 44.7 Å². The summed E-state index contributed by atoms with van der Waals surface area (Å²) in [6, 6.07) is 8.82. The van der Waals surface area contributed by atoms with Gasteiger partial charge >= 0.3 is 0 Å². The van der Waals surface area contributed by atoms with Crippen molar-refractivity contribution in [1.29, 1.82) is 0 Å². The topological polar surface area (TPSA) is 29.3 Å². The van der Waals surface area contributed by atoms with E-state index in [0.717, 1.165) is 24.6 Å². The summed E-state index contributed by atoms with van der Waals surface area (Å²) in [5, 5.41) is 0. The van der Waals surface area contributed by atoms with Crippen LogP contribution in [0.2, 0.25) is 0 Å². The van der Waals surface area contributed by atoms with E-state index in [9.17, 15) is 0 Å². The summed E-state index contributed by atoms with van der Waals surface area (Å²) < 4.78 is 0. The molecule has 0 heterocycles. The van der Waals surface area contributed by atoms with Crippen molar-refractivity contribution >= 4 is 5.69 Å². The van der Waals surface area contributed by atoms with Crippen LogP contribution in [-0.4, -0.2) is 24.0 Å². The molecule has 1 rings (SSSR count). The minimum absolute atomic E-state index is 0.625. The molecule has 0 aliphatic rings. The van der Waals surface area contributed by atoms with Crippen LogP contribution in [0.1, 0.15) is 39.7 Å². The molecule has 102 valence electrons. The Morgan fingerprint density at radius 2 is 1.78 bits per heavy atom. The molecule has 0 atom stereocenters. The summed E-state index contributed by atoms with van der Waals surface area (Å²) in [5.41, 5.74) is 8.18. The maximum absolute atomic E-state index is 5.96. The van der Waals surface area contributed by atoms with Gasteiger partial charge in [-0.2, -0.15) is 0 Å². The Morgan fingerprint density at radius 3 is 2.33 bits per heavy atom. The molecule has 0 bridgehead atoms. The fraction of sp³-hybridized carbons (Fsp3) is 0.625. The fourth-order valence-corrected chi connectivity index (χ4v) is 2.26. The highest BCUT2D eigenvalue weighted by molar-refractivity contribution is 5.46. The number of hydrogen-bond donors (Lipinski definition) is 1. The van der Waals surface area contributed by atoms with Crippen molar-refractivity contribution in [1.82, 2.24) is 4.90 Å². The van der Waals surface area contributed by atoms with Gasteiger partial charge in [0.25, 0.3) is 0 Å². The number of aryl methyl sites for hydroxylation is 1. The highest BCUT2D eigenvalue weighted by atomic mass is 15.1. The number of rotatable bonds is 7. The van der Waals surface area contributed by atoms with Gasteiger partial charge in [-0.1, -0.05) is 32.0 Å². The quantitative estimate of drug-likeness (QED) is 0.747. The lowest BCUT2D eigenvalue weighted by Gasteiger charge is -2.28. The first kappa shape index (κ1) is 15.0. The maximum atomic E-state index is 5.96. The number of benzene rings is 1. The Kier molecular flexibility index (Phi) is 6.20. The van der Waals surface area contributed by atoms with Crippen LogP contribution in [0.15, 0.2) is 24.3 Å². The standard InChI is InChI=1S/C16H28N2/c1-13(2)12-18(14(3)4)11-7-9-15-8-5-6-10-16(15)17/h5-6,8,10,13-14H,7,9,11-12,17H2,1-4H3. The molecule has 0 aliphatic heterocycles. The molecule has 2 N–H and O–H groups in total. The van der Waals surface area contributed by atoms with Gasteiger partial charge in [0.15, 0.2) is 0 Å². The Balaban J connectivity index is 2.41. The zero-order chi connectivity index (χ0) is 13.5. The molecule has 0 fully saturated rings. The highest BCUT2D eigenvalue weighted by Crippen LogP contribution is 2.14. The van der Waals surface area contributed by atoms with Gasteiger partial charge in [0.1, 0.15) is 0 Å². The first-order valence-electron chi connectivity index (χ1n) is 7.08. The molecule has 0 aliphatic carbocycles. The third-order valence-corrected chi connectivity index (χ3v) is 3.28. The van der Waals surface area contributed by atoms with E-state index < -0.39 is 0 Å². The second-order valence-electron chi connectivity index (χ2n) is 5.78. The maximum Gasteiger partial charge on any atom is 0.0346 e. The molecule has 1 aromatic carbocycles. The molecule has 0 spiro atoms. The van der Waals surface area contributed by atoms with Crippen molar-refractivity contribution in [2.45, 2.75) is 46.6 Å². The molecule has 1 aromatic rings. The van der Waals surface area contributed by atoms with E-state index in [4.69, 9.17) is 5.73 Å². The number of nitrogens with zero attached hydrogens (tertiary/aromatic N) is 1. The lowest BCUT2D eigenvalue weighted by atomic mass is 10.1. The monoisotopic (exact) mass is 248 g/mol. The van der Waals surface area contributed by atoms with Crippen LogP contribution < -0.4 is 5.73 Å². The van der Waals surface area contributed by atoms with Gasteiger partial charge in [0.05, 0.1) is 0 Å². The third kappa shape index (κ3) is 5.09. The SMILES string of the molecule is CC(C)CN(CCCc1ccccc1N)C(C)C. The largest absolute Gasteiger partial charge is 0.399 e. The lowest BCUT2D eigenvalue weighted by Crippen LogP contribution is -2.35. The molecule has 0 saturated carbocycles. The molecule has 0 radical (unpaired) electrons. The number of nitrogen functional groups attached to an aromatic ring is 1. The molecule has 0 aromatic heterocycles. The Bertz CT molecular complexity index is 345. The average molecular weight is 248 g/mol. The molecular formula is C16H28N2. The van der Waals surface area contributed by atoms with Gasteiger partial charge < -0.3 is 10.6 Å². The fourth-order valence-electron chi connectivity index (χ4n) is 2.26. The predicted molar refractivity (Wildman–Crippen MR) is 80.7 cm³/mol. The first-order valence-corrected chi connectivity index (χ1v) is 7.08. The van der Waals surface area contributed by atoms with Crippen LogP contribution in [0.25, 0.3) is 0 Å². The van der Waals surface area contributed by atoms with E-state index >= 15 is 0 Å². The smallest absolute Gasteiger partial charge is 0.0346 e. The van der Waals surface area contributed by atoms with E-state index in [-0.39, 0.29) is 0 Å². The summed E-state index contributed by atoms with van der Waals surface area (Å²) >= 11 is 0. The minimum atomic E-state index is 0.625. The summed E-state index contributed by atoms with van der Waals surface area (Å²) in [7, 11) is 0. The van der Waals surface area contributed by atoms with Crippen LogP contribution >= 0.6 is 0 Å². The van der Waals surface area contributed by atoms with E-state index in [1.165, 1.54) is 18.5 Å². The Morgan fingerprint density at radius 1 is 1.11 bits per heavy atom. The summed E-state index contributed by atoms with van der Waals surface area (Å²) in [6.45, 7) is 11.5. The summed E-state index contributed by atoms with van der Waals surface area (Å²) in [4.78, 5) is 2.56. The number of nitrogens with two attached hydrogens (primary N) is 1. The van der Waals surface area contributed by atoms with Gasteiger partial charge in [0.2, 0.25) is 0 Å². The number of anilines is 1. The molecule has 18 heavy (non-hydrogen) atoms. The van der Waals surface area contributed by atoms with Gasteiger partial charge in [-0.15, -0.1) is 0 Å². The summed E-state index contributed by atoms with van der Waals surface area (Å²) in [5.74, 6) is 0.731. The van der Waals surface area contributed by atoms with E-state index in [1.54, 1.807) is 0 Å². The van der Waals surface area contributed by atoms with E-state index in [0.29, 0.717) is 6.04 Å². The van der Waals surface area contributed by atoms with Crippen molar-refractivity contribution in [3.8, 4) is 0 Å². The van der Waals surface area contributed by atoms with Crippen LogP contribution in [0.5, 0.6) is 0 Å². The average Bonchev–Trinajstić information content (AvgIpc) is 2.29. The van der Waals surface area contributed by atoms with Crippen molar-refractivity contribution in [2.75, 3.05) is 18.8 Å². The van der Waals surface area contributed by atoms with Crippen LogP contribution in [0, 0.1) is 5.92 Å². The van der Waals surface area contributed by atoms with Crippen molar-refractivity contribution < 1.29 is 0 Å². The van der Waals surface area contributed by atoms with Gasteiger partial charge in [-0.3, -0.25) is 0 Å². The normalized spacial score (nSPS) is 11.7. The summed E-state index contributed by atoms with van der Waals surface area (Å²) in [6.07, 6.45) is 2.26. The van der Waals surface area contributed by atoms with Crippen LogP contribution in [0.4, 0.5) is 5.69 Å².